The lowest BCUT2D eigenvalue weighted by Crippen LogP contribution is -2.25. The Morgan fingerprint density at radius 3 is 2.53 bits per heavy atom. The smallest absolute Gasteiger partial charge is 0.275 e. The lowest BCUT2D eigenvalue weighted by atomic mass is 10.2. The minimum Gasteiger partial charge on any atom is -0.457 e. The summed E-state index contributed by atoms with van der Waals surface area (Å²) in [6, 6.07) is 10.9. The fraction of sp³-hybridized carbons (Fsp3) is 0.238. The normalized spacial score (nSPS) is 11.8. The monoisotopic (exact) mass is 472 g/mol. The second-order valence-corrected chi connectivity index (χ2v) is 7.78. The summed E-state index contributed by atoms with van der Waals surface area (Å²) in [7, 11) is 0. The van der Waals surface area contributed by atoms with Gasteiger partial charge in [0.2, 0.25) is 5.91 Å². The van der Waals surface area contributed by atoms with Crippen LogP contribution in [-0.4, -0.2) is 20.6 Å². The van der Waals surface area contributed by atoms with Crippen molar-refractivity contribution in [1.29, 1.82) is 0 Å². The Morgan fingerprint density at radius 1 is 1.20 bits per heavy atom. The topological polar surface area (TPSA) is 99.3 Å². The number of halogens is 1. The van der Waals surface area contributed by atoms with Crippen LogP contribution in [-0.2, 0) is 4.79 Å². The molecule has 1 aromatic heterocycles. The number of nitrogens with zero attached hydrogens (tertiary/aromatic N) is 3. The van der Waals surface area contributed by atoms with Crippen LogP contribution in [0.3, 0.4) is 0 Å². The zero-order valence-corrected chi connectivity index (χ0v) is 18.6. The predicted molar refractivity (Wildman–Crippen MR) is 117 cm³/mol. The first-order valence-corrected chi connectivity index (χ1v) is 10.0. The van der Waals surface area contributed by atoms with Crippen LogP contribution in [0, 0.1) is 30.9 Å². The minimum atomic E-state index is -0.615. The summed E-state index contributed by atoms with van der Waals surface area (Å²) in [5.74, 6) is 0.454. The molecule has 0 aliphatic carbocycles. The molecule has 0 bridgehead atoms. The maximum Gasteiger partial charge on any atom is 0.275 e. The number of aryl methyl sites for hydroxylation is 2. The highest BCUT2D eigenvalue weighted by atomic mass is 79.9. The van der Waals surface area contributed by atoms with E-state index in [1.807, 2.05) is 39.0 Å². The van der Waals surface area contributed by atoms with Gasteiger partial charge < -0.3 is 10.1 Å². The molecular weight excluding hydrogens is 452 g/mol. The Balaban J connectivity index is 1.87. The van der Waals surface area contributed by atoms with Crippen molar-refractivity contribution < 1.29 is 14.5 Å². The highest BCUT2D eigenvalue weighted by Gasteiger charge is 2.21. The highest BCUT2D eigenvalue weighted by Crippen LogP contribution is 2.31. The third-order valence-corrected chi connectivity index (χ3v) is 5.73. The van der Waals surface area contributed by atoms with Crippen LogP contribution in [0.5, 0.6) is 11.5 Å². The van der Waals surface area contributed by atoms with E-state index >= 15 is 0 Å². The van der Waals surface area contributed by atoms with E-state index in [4.69, 9.17) is 4.74 Å². The highest BCUT2D eigenvalue weighted by molar-refractivity contribution is 9.10. The Kier molecular flexibility index (Phi) is 6.21. The number of anilines is 1. The summed E-state index contributed by atoms with van der Waals surface area (Å²) >= 11 is 3.45. The average Bonchev–Trinajstić information content (AvgIpc) is 2.94. The van der Waals surface area contributed by atoms with Crippen LogP contribution in [0.15, 0.2) is 46.9 Å². The summed E-state index contributed by atoms with van der Waals surface area (Å²) in [4.78, 5) is 23.6. The molecular formula is C21H21BrN4O4. The molecule has 9 heteroatoms. The number of nitro groups is 1. The molecule has 8 nitrogen and oxygen atoms in total. The van der Waals surface area contributed by atoms with Crippen LogP contribution in [0.25, 0.3) is 0 Å². The Hall–Kier alpha value is -3.20. The van der Waals surface area contributed by atoms with Gasteiger partial charge in [-0.05, 0) is 61.3 Å². The van der Waals surface area contributed by atoms with Gasteiger partial charge in [-0.3, -0.25) is 19.6 Å². The van der Waals surface area contributed by atoms with Crippen molar-refractivity contribution in [2.24, 2.45) is 0 Å². The summed E-state index contributed by atoms with van der Waals surface area (Å²) in [6.07, 6.45) is 0. The molecule has 1 N–H and O–H groups in total. The van der Waals surface area contributed by atoms with Gasteiger partial charge in [0.15, 0.2) is 0 Å². The number of hydrogen-bond donors (Lipinski definition) is 1. The first-order chi connectivity index (χ1) is 14.2. The molecule has 0 aliphatic rings. The van der Waals surface area contributed by atoms with Crippen LogP contribution in [0.4, 0.5) is 11.4 Å². The lowest BCUT2D eigenvalue weighted by Gasteiger charge is -2.15. The number of amides is 1. The van der Waals surface area contributed by atoms with E-state index in [0.29, 0.717) is 5.75 Å². The van der Waals surface area contributed by atoms with Gasteiger partial charge in [-0.2, -0.15) is 5.10 Å². The number of hydrogen-bond acceptors (Lipinski definition) is 5. The van der Waals surface area contributed by atoms with Crippen molar-refractivity contribution >= 4 is 33.2 Å². The maximum absolute atomic E-state index is 12.8. The SMILES string of the molecule is Cc1cccc(Oc2cc(NC(=O)C(C)n3nc(C)c(Br)c3C)cc([N+](=O)[O-])c2)c1. The van der Waals surface area contributed by atoms with E-state index in [-0.39, 0.29) is 23.0 Å². The Morgan fingerprint density at radius 2 is 1.93 bits per heavy atom. The quantitative estimate of drug-likeness (QED) is 0.378. The second kappa shape index (κ2) is 8.66. The Bertz CT molecular complexity index is 1130. The standard InChI is InChI=1S/C21H21BrN4O4/c1-12-6-5-7-18(8-12)30-19-10-16(9-17(11-19)26(28)29)23-21(27)15(4)25-14(3)20(22)13(2)24-25/h5-11,15H,1-4H3,(H,23,27). The summed E-state index contributed by atoms with van der Waals surface area (Å²) in [5, 5.41) is 18.5. The molecule has 0 saturated carbocycles. The van der Waals surface area contributed by atoms with Crippen molar-refractivity contribution in [3.63, 3.8) is 0 Å². The zero-order chi connectivity index (χ0) is 22.0. The number of ether oxygens (including phenoxy) is 1. The molecule has 1 amide bonds. The fourth-order valence-corrected chi connectivity index (χ4v) is 3.27. The number of carbonyl (C=O) groups is 1. The fourth-order valence-electron chi connectivity index (χ4n) is 3.01. The van der Waals surface area contributed by atoms with E-state index in [9.17, 15) is 14.9 Å². The third kappa shape index (κ3) is 4.68. The maximum atomic E-state index is 12.8. The van der Waals surface area contributed by atoms with Crippen LogP contribution < -0.4 is 10.1 Å². The second-order valence-electron chi connectivity index (χ2n) is 6.99. The molecule has 2 aromatic carbocycles. The minimum absolute atomic E-state index is 0.183. The van der Waals surface area contributed by atoms with E-state index in [1.165, 1.54) is 12.1 Å². The largest absolute Gasteiger partial charge is 0.457 e. The summed E-state index contributed by atoms with van der Waals surface area (Å²) < 4.78 is 8.22. The Labute approximate surface area is 182 Å². The van der Waals surface area contributed by atoms with E-state index < -0.39 is 11.0 Å². The van der Waals surface area contributed by atoms with Gasteiger partial charge in [0, 0.05) is 12.1 Å². The molecule has 0 saturated heterocycles. The van der Waals surface area contributed by atoms with Crippen molar-refractivity contribution in [3.05, 3.63) is 74.0 Å². The van der Waals surface area contributed by atoms with Gasteiger partial charge in [0.05, 0.1) is 32.5 Å². The number of carbonyl (C=O) groups excluding carboxylic acids is 1. The summed E-state index contributed by atoms with van der Waals surface area (Å²) in [6.45, 7) is 7.33. The molecule has 1 atom stereocenters. The van der Waals surface area contributed by atoms with Gasteiger partial charge in [-0.25, -0.2) is 0 Å². The molecule has 3 aromatic rings. The average molecular weight is 473 g/mol. The lowest BCUT2D eigenvalue weighted by molar-refractivity contribution is -0.384. The number of nitro benzene ring substituents is 1. The van der Waals surface area contributed by atoms with Crippen molar-refractivity contribution in [1.82, 2.24) is 9.78 Å². The zero-order valence-electron chi connectivity index (χ0n) is 17.0. The summed E-state index contributed by atoms with van der Waals surface area (Å²) in [5.41, 5.74) is 2.67. The number of aromatic nitrogens is 2. The molecule has 30 heavy (non-hydrogen) atoms. The molecule has 1 unspecified atom stereocenters. The van der Waals surface area contributed by atoms with Gasteiger partial charge in [0.25, 0.3) is 5.69 Å². The van der Waals surface area contributed by atoms with Crippen molar-refractivity contribution in [3.8, 4) is 11.5 Å². The van der Waals surface area contributed by atoms with Crippen LogP contribution in [0.1, 0.15) is 29.9 Å². The van der Waals surface area contributed by atoms with E-state index in [0.717, 1.165) is 21.4 Å². The molecule has 3 rings (SSSR count). The number of nitrogens with one attached hydrogen (secondary N) is 1. The predicted octanol–water partition coefficient (Wildman–Crippen LogP) is 5.47. The molecule has 0 fully saturated rings. The third-order valence-electron chi connectivity index (χ3n) is 4.58. The van der Waals surface area contributed by atoms with Gasteiger partial charge >= 0.3 is 0 Å². The van der Waals surface area contributed by atoms with Crippen LogP contribution in [0.2, 0.25) is 0 Å². The molecule has 0 radical (unpaired) electrons. The molecule has 1 heterocycles. The van der Waals surface area contributed by atoms with E-state index in [1.54, 1.807) is 23.7 Å². The van der Waals surface area contributed by atoms with Gasteiger partial charge in [-0.1, -0.05) is 12.1 Å². The van der Waals surface area contributed by atoms with Gasteiger partial charge in [-0.15, -0.1) is 0 Å². The van der Waals surface area contributed by atoms with Crippen LogP contribution >= 0.6 is 15.9 Å². The first kappa shape index (κ1) is 21.5. The number of benzene rings is 2. The molecule has 0 spiro atoms. The molecule has 156 valence electrons. The number of rotatable bonds is 6. The first-order valence-electron chi connectivity index (χ1n) is 9.21. The van der Waals surface area contributed by atoms with Crippen molar-refractivity contribution in [2.75, 3.05) is 5.32 Å². The van der Waals surface area contributed by atoms with Gasteiger partial charge in [0.1, 0.15) is 17.5 Å². The molecule has 0 aliphatic heterocycles. The number of non-ortho nitro benzene ring substituents is 1. The van der Waals surface area contributed by atoms with E-state index in [2.05, 4.69) is 26.3 Å². The van der Waals surface area contributed by atoms with Crippen molar-refractivity contribution in [2.45, 2.75) is 33.7 Å².